The number of aromatic nitrogens is 3. The van der Waals surface area contributed by atoms with Gasteiger partial charge >= 0.3 is 0 Å². The molecule has 1 amide bonds. The van der Waals surface area contributed by atoms with Crippen molar-refractivity contribution in [2.24, 2.45) is 5.73 Å². The second kappa shape index (κ2) is 8.00. The summed E-state index contributed by atoms with van der Waals surface area (Å²) in [5, 5.41) is 9.30. The summed E-state index contributed by atoms with van der Waals surface area (Å²) in [6.45, 7) is 0.532. The van der Waals surface area contributed by atoms with E-state index < -0.39 is 0 Å². The van der Waals surface area contributed by atoms with Crippen LogP contribution in [0.25, 0.3) is 0 Å². The molecule has 9 heteroatoms. The largest absolute Gasteiger partial charge is 0.467 e. The first-order valence-electron chi connectivity index (χ1n) is 7.21. The first-order valence-corrected chi connectivity index (χ1v) is 9.81. The van der Waals surface area contributed by atoms with Crippen LogP contribution in [0.1, 0.15) is 22.9 Å². The number of amides is 1. The number of hydrogen-bond donors (Lipinski definition) is 1. The predicted octanol–water partition coefficient (Wildman–Crippen LogP) is 3.45. The van der Waals surface area contributed by atoms with Crippen LogP contribution in [0.3, 0.4) is 0 Å². The van der Waals surface area contributed by atoms with E-state index in [9.17, 15) is 4.79 Å². The molecule has 126 valence electrons. The number of rotatable bonds is 8. The zero-order valence-electron chi connectivity index (χ0n) is 12.6. The zero-order chi connectivity index (χ0) is 16.9. The van der Waals surface area contributed by atoms with Crippen molar-refractivity contribution in [2.45, 2.75) is 30.3 Å². The minimum absolute atomic E-state index is 0.249. The van der Waals surface area contributed by atoms with Gasteiger partial charge in [0.15, 0.2) is 5.16 Å². The number of carbonyl (C=O) groups is 1. The Labute approximate surface area is 155 Å². The van der Waals surface area contributed by atoms with Gasteiger partial charge in [0.25, 0.3) is 0 Å². The summed E-state index contributed by atoms with van der Waals surface area (Å²) in [6.07, 6.45) is 2.35. The Bertz CT molecular complexity index is 813. The van der Waals surface area contributed by atoms with E-state index in [0.29, 0.717) is 13.0 Å². The number of aryl methyl sites for hydroxylation is 1. The third-order valence-electron chi connectivity index (χ3n) is 3.25. The third kappa shape index (κ3) is 4.49. The van der Waals surface area contributed by atoms with Crippen molar-refractivity contribution >= 4 is 44.9 Å². The molecule has 0 atom stereocenters. The van der Waals surface area contributed by atoms with Gasteiger partial charge in [-0.1, -0.05) is 11.8 Å². The molecule has 3 aromatic heterocycles. The average molecular weight is 427 g/mol. The summed E-state index contributed by atoms with van der Waals surface area (Å²) in [6, 6.07) is 7.87. The SMILES string of the molecule is NC(=O)CCc1nnc(SCc2ccc(Br)s2)n1Cc1ccco1. The maximum atomic E-state index is 11.1. The highest BCUT2D eigenvalue weighted by Crippen LogP contribution is 2.29. The standard InChI is InChI=1S/C15H15BrN4O2S2/c16-12-4-3-11(24-12)9-23-15-19-18-14(6-5-13(17)21)20(15)8-10-2-1-7-22-10/h1-4,7H,5-6,8-9H2,(H2,17,21). The van der Waals surface area contributed by atoms with E-state index in [-0.39, 0.29) is 12.3 Å². The number of thiophene rings is 1. The Hall–Kier alpha value is -1.58. The van der Waals surface area contributed by atoms with Gasteiger partial charge in [-0.3, -0.25) is 9.36 Å². The van der Waals surface area contributed by atoms with Gasteiger partial charge in [-0.15, -0.1) is 21.5 Å². The summed E-state index contributed by atoms with van der Waals surface area (Å²) < 4.78 is 8.52. The topological polar surface area (TPSA) is 86.9 Å². The minimum atomic E-state index is -0.347. The lowest BCUT2D eigenvalue weighted by atomic mass is 10.3. The number of nitrogens with two attached hydrogens (primary N) is 1. The molecule has 24 heavy (non-hydrogen) atoms. The summed E-state index contributed by atoms with van der Waals surface area (Å²) >= 11 is 6.78. The van der Waals surface area contributed by atoms with Crippen molar-refractivity contribution in [2.75, 3.05) is 0 Å². The molecule has 0 saturated heterocycles. The number of hydrogen-bond acceptors (Lipinski definition) is 6. The molecule has 0 spiro atoms. The Morgan fingerprint density at radius 2 is 2.25 bits per heavy atom. The second-order valence-corrected chi connectivity index (χ2v) is 8.52. The van der Waals surface area contributed by atoms with Crippen LogP contribution >= 0.6 is 39.0 Å². The predicted molar refractivity (Wildman–Crippen MR) is 96.9 cm³/mol. The number of primary amides is 1. The summed E-state index contributed by atoms with van der Waals surface area (Å²) in [4.78, 5) is 12.3. The highest BCUT2D eigenvalue weighted by Gasteiger charge is 2.15. The molecular weight excluding hydrogens is 412 g/mol. The van der Waals surface area contributed by atoms with Gasteiger partial charge in [-0.25, -0.2) is 0 Å². The van der Waals surface area contributed by atoms with Crippen molar-refractivity contribution in [1.29, 1.82) is 0 Å². The van der Waals surface area contributed by atoms with Crippen LogP contribution in [0, 0.1) is 0 Å². The summed E-state index contributed by atoms with van der Waals surface area (Å²) in [5.74, 6) is 2.01. The third-order valence-corrected chi connectivity index (χ3v) is 6.08. The second-order valence-electron chi connectivity index (χ2n) is 5.03. The molecule has 6 nitrogen and oxygen atoms in total. The fraction of sp³-hybridized carbons (Fsp3) is 0.267. The number of furan rings is 1. The van der Waals surface area contributed by atoms with Crippen LogP contribution in [-0.4, -0.2) is 20.7 Å². The molecule has 0 aliphatic carbocycles. The monoisotopic (exact) mass is 426 g/mol. The van der Waals surface area contributed by atoms with Gasteiger partial charge < -0.3 is 10.2 Å². The van der Waals surface area contributed by atoms with Crippen molar-refractivity contribution in [3.8, 4) is 0 Å². The fourth-order valence-corrected chi connectivity index (χ4v) is 4.61. The van der Waals surface area contributed by atoms with Crippen LogP contribution in [0.5, 0.6) is 0 Å². The maximum Gasteiger partial charge on any atom is 0.217 e. The maximum absolute atomic E-state index is 11.1. The highest BCUT2D eigenvalue weighted by molar-refractivity contribution is 9.11. The van der Waals surface area contributed by atoms with E-state index in [1.165, 1.54) is 4.88 Å². The molecule has 0 aliphatic heterocycles. The molecule has 0 aromatic carbocycles. The minimum Gasteiger partial charge on any atom is -0.467 e. The normalized spacial score (nSPS) is 11.0. The summed E-state index contributed by atoms with van der Waals surface area (Å²) in [5.41, 5.74) is 5.25. The lowest BCUT2D eigenvalue weighted by molar-refractivity contribution is -0.118. The van der Waals surface area contributed by atoms with E-state index in [1.807, 2.05) is 22.8 Å². The van der Waals surface area contributed by atoms with Crippen molar-refractivity contribution in [3.05, 3.63) is 50.8 Å². The van der Waals surface area contributed by atoms with E-state index in [1.54, 1.807) is 29.4 Å². The molecule has 3 rings (SSSR count). The van der Waals surface area contributed by atoms with Gasteiger partial charge in [0.2, 0.25) is 5.91 Å². The molecule has 0 radical (unpaired) electrons. The molecule has 3 aromatic rings. The number of halogens is 1. The first kappa shape index (κ1) is 17.2. The molecular formula is C15H15BrN4O2S2. The zero-order valence-corrected chi connectivity index (χ0v) is 15.9. The smallest absolute Gasteiger partial charge is 0.217 e. The lowest BCUT2D eigenvalue weighted by Crippen LogP contribution is -2.14. The van der Waals surface area contributed by atoms with Crippen molar-refractivity contribution < 1.29 is 9.21 Å². The molecule has 0 unspecified atom stereocenters. The molecule has 0 fully saturated rings. The Balaban J connectivity index is 1.77. The van der Waals surface area contributed by atoms with Gasteiger partial charge in [0.05, 0.1) is 16.6 Å². The molecule has 3 heterocycles. The van der Waals surface area contributed by atoms with Crippen molar-refractivity contribution in [1.82, 2.24) is 14.8 Å². The Kier molecular flexibility index (Phi) is 5.75. The van der Waals surface area contributed by atoms with Crippen LogP contribution < -0.4 is 5.73 Å². The van der Waals surface area contributed by atoms with E-state index in [2.05, 4.69) is 32.2 Å². The Morgan fingerprint density at radius 3 is 2.92 bits per heavy atom. The molecule has 0 aliphatic rings. The molecule has 0 bridgehead atoms. The number of thioether (sulfide) groups is 1. The number of carbonyl (C=O) groups excluding carboxylic acids is 1. The van der Waals surface area contributed by atoms with Gasteiger partial charge in [0.1, 0.15) is 11.6 Å². The molecule has 0 saturated carbocycles. The van der Waals surface area contributed by atoms with Gasteiger partial charge in [-0.05, 0) is 40.2 Å². The highest BCUT2D eigenvalue weighted by atomic mass is 79.9. The van der Waals surface area contributed by atoms with Crippen molar-refractivity contribution in [3.63, 3.8) is 0 Å². The summed E-state index contributed by atoms with van der Waals surface area (Å²) in [7, 11) is 0. The van der Waals surface area contributed by atoms with Crippen LogP contribution in [0.15, 0.2) is 43.9 Å². The molecule has 2 N–H and O–H groups in total. The van der Waals surface area contributed by atoms with E-state index >= 15 is 0 Å². The average Bonchev–Trinajstić information content (AvgIpc) is 3.26. The van der Waals surface area contributed by atoms with E-state index in [4.69, 9.17) is 10.2 Å². The fourth-order valence-electron chi connectivity index (χ4n) is 2.13. The van der Waals surface area contributed by atoms with Crippen LogP contribution in [-0.2, 0) is 23.5 Å². The van der Waals surface area contributed by atoms with Gasteiger partial charge in [0, 0.05) is 23.5 Å². The van der Waals surface area contributed by atoms with Crippen LogP contribution in [0.2, 0.25) is 0 Å². The van der Waals surface area contributed by atoms with Gasteiger partial charge in [-0.2, -0.15) is 0 Å². The van der Waals surface area contributed by atoms with Crippen LogP contribution in [0.4, 0.5) is 0 Å². The number of nitrogens with zero attached hydrogens (tertiary/aromatic N) is 3. The first-order chi connectivity index (χ1) is 11.6. The lowest BCUT2D eigenvalue weighted by Gasteiger charge is -2.08. The quantitative estimate of drug-likeness (QED) is 0.557. The van der Waals surface area contributed by atoms with E-state index in [0.717, 1.165) is 26.3 Å². The Morgan fingerprint density at radius 1 is 1.38 bits per heavy atom.